The molecule has 1 aromatic rings. The zero-order valence-electron chi connectivity index (χ0n) is 9.81. The molecule has 0 amide bonds. The van der Waals surface area contributed by atoms with E-state index in [1.807, 2.05) is 0 Å². The van der Waals surface area contributed by atoms with Crippen molar-refractivity contribution in [3.63, 3.8) is 0 Å². The van der Waals surface area contributed by atoms with E-state index in [9.17, 15) is 5.11 Å². The Hall–Kier alpha value is -0.680. The largest absolute Gasteiger partial charge is 0.393 e. The SMILES string of the molecule is CC(C)c1nsc(NC2CCC(O)CC2)n1. The molecule has 90 valence electrons. The van der Waals surface area contributed by atoms with Crippen LogP contribution in [0.15, 0.2) is 0 Å². The molecule has 16 heavy (non-hydrogen) atoms. The lowest BCUT2D eigenvalue weighted by atomic mass is 9.93. The standard InChI is InChI=1S/C11H19N3OS/c1-7(2)10-13-11(16-14-10)12-8-3-5-9(15)6-4-8/h7-9,15H,3-6H2,1-2H3,(H,12,13,14). The summed E-state index contributed by atoms with van der Waals surface area (Å²) in [6.45, 7) is 4.20. The molecule has 0 saturated heterocycles. The summed E-state index contributed by atoms with van der Waals surface area (Å²) in [5, 5.41) is 13.7. The number of nitrogens with one attached hydrogen (secondary N) is 1. The molecule has 1 fully saturated rings. The highest BCUT2D eigenvalue weighted by molar-refractivity contribution is 7.09. The summed E-state index contributed by atoms with van der Waals surface area (Å²) >= 11 is 1.44. The minimum atomic E-state index is -0.0984. The molecule has 1 aromatic heterocycles. The Morgan fingerprint density at radius 2 is 2.00 bits per heavy atom. The molecular weight excluding hydrogens is 222 g/mol. The first-order chi connectivity index (χ1) is 7.65. The van der Waals surface area contributed by atoms with Crippen LogP contribution in [0, 0.1) is 0 Å². The van der Waals surface area contributed by atoms with Crippen molar-refractivity contribution in [1.82, 2.24) is 9.36 Å². The maximum atomic E-state index is 9.42. The summed E-state index contributed by atoms with van der Waals surface area (Å²) in [4.78, 5) is 4.46. The molecule has 0 atom stereocenters. The Bertz CT molecular complexity index is 332. The zero-order valence-corrected chi connectivity index (χ0v) is 10.6. The Labute approximate surface area is 100 Å². The van der Waals surface area contributed by atoms with E-state index in [0.29, 0.717) is 12.0 Å². The van der Waals surface area contributed by atoms with Crippen LogP contribution < -0.4 is 5.32 Å². The minimum absolute atomic E-state index is 0.0984. The predicted octanol–water partition coefficient (Wildman–Crippen LogP) is 2.38. The summed E-state index contributed by atoms with van der Waals surface area (Å²) < 4.78 is 4.31. The number of aromatic nitrogens is 2. The average Bonchev–Trinajstić information content (AvgIpc) is 2.70. The van der Waals surface area contributed by atoms with Crippen molar-refractivity contribution in [2.45, 2.75) is 57.6 Å². The normalized spacial score (nSPS) is 26.0. The number of anilines is 1. The van der Waals surface area contributed by atoms with Gasteiger partial charge in [-0.05, 0) is 25.7 Å². The first kappa shape index (κ1) is 11.8. The van der Waals surface area contributed by atoms with Crippen molar-refractivity contribution >= 4 is 16.7 Å². The van der Waals surface area contributed by atoms with Crippen molar-refractivity contribution in [2.24, 2.45) is 0 Å². The number of hydrogen-bond acceptors (Lipinski definition) is 5. The third kappa shape index (κ3) is 2.92. The molecule has 0 bridgehead atoms. The molecule has 2 rings (SSSR count). The van der Waals surface area contributed by atoms with Crippen molar-refractivity contribution in [1.29, 1.82) is 0 Å². The monoisotopic (exact) mass is 241 g/mol. The predicted molar refractivity (Wildman–Crippen MR) is 65.9 cm³/mol. The topological polar surface area (TPSA) is 58.0 Å². The third-order valence-electron chi connectivity index (χ3n) is 2.98. The van der Waals surface area contributed by atoms with Gasteiger partial charge in [-0.3, -0.25) is 0 Å². The van der Waals surface area contributed by atoms with E-state index in [1.165, 1.54) is 11.5 Å². The van der Waals surface area contributed by atoms with Crippen LogP contribution in [0.1, 0.15) is 51.3 Å². The fourth-order valence-corrected chi connectivity index (χ4v) is 2.71. The Balaban J connectivity index is 1.88. The average molecular weight is 241 g/mol. The second-order valence-electron chi connectivity index (χ2n) is 4.76. The number of hydrogen-bond donors (Lipinski definition) is 2. The van der Waals surface area contributed by atoms with Crippen molar-refractivity contribution in [3.8, 4) is 0 Å². The quantitative estimate of drug-likeness (QED) is 0.853. The van der Waals surface area contributed by atoms with E-state index in [1.54, 1.807) is 0 Å². The minimum Gasteiger partial charge on any atom is -0.393 e. The third-order valence-corrected chi connectivity index (χ3v) is 3.64. The molecular formula is C11H19N3OS. The highest BCUT2D eigenvalue weighted by atomic mass is 32.1. The molecule has 5 heteroatoms. The fraction of sp³-hybridized carbons (Fsp3) is 0.818. The van der Waals surface area contributed by atoms with E-state index < -0.39 is 0 Å². The van der Waals surface area contributed by atoms with E-state index in [-0.39, 0.29) is 6.10 Å². The van der Waals surface area contributed by atoms with Gasteiger partial charge in [0, 0.05) is 23.5 Å². The van der Waals surface area contributed by atoms with E-state index >= 15 is 0 Å². The first-order valence-corrected chi connectivity index (χ1v) is 6.70. The van der Waals surface area contributed by atoms with Gasteiger partial charge in [0.25, 0.3) is 0 Å². The molecule has 0 radical (unpaired) electrons. The van der Waals surface area contributed by atoms with Gasteiger partial charge >= 0.3 is 0 Å². The molecule has 0 aromatic carbocycles. The second-order valence-corrected chi connectivity index (χ2v) is 5.51. The molecule has 1 aliphatic rings. The van der Waals surface area contributed by atoms with Crippen LogP contribution in [-0.2, 0) is 0 Å². The molecule has 2 N–H and O–H groups in total. The maximum Gasteiger partial charge on any atom is 0.202 e. The molecule has 1 heterocycles. The van der Waals surface area contributed by atoms with Gasteiger partial charge in [0.2, 0.25) is 5.13 Å². The van der Waals surface area contributed by atoms with Gasteiger partial charge in [0.1, 0.15) is 5.82 Å². The smallest absolute Gasteiger partial charge is 0.202 e. The summed E-state index contributed by atoms with van der Waals surface area (Å²) in [5.74, 6) is 1.31. The van der Waals surface area contributed by atoms with Crippen molar-refractivity contribution in [3.05, 3.63) is 5.82 Å². The lowest BCUT2D eigenvalue weighted by molar-refractivity contribution is 0.126. The molecule has 0 aliphatic heterocycles. The van der Waals surface area contributed by atoms with Gasteiger partial charge in [0.05, 0.1) is 6.10 Å². The van der Waals surface area contributed by atoms with Crippen molar-refractivity contribution in [2.75, 3.05) is 5.32 Å². The molecule has 0 spiro atoms. The highest BCUT2D eigenvalue weighted by Crippen LogP contribution is 2.24. The van der Waals surface area contributed by atoms with Crippen LogP contribution in [0.5, 0.6) is 0 Å². The van der Waals surface area contributed by atoms with Gasteiger partial charge < -0.3 is 10.4 Å². The Morgan fingerprint density at radius 3 is 2.56 bits per heavy atom. The van der Waals surface area contributed by atoms with Crippen LogP contribution in [0.25, 0.3) is 0 Å². The van der Waals surface area contributed by atoms with E-state index in [0.717, 1.165) is 36.6 Å². The number of aliphatic hydroxyl groups excluding tert-OH is 1. The second kappa shape index (κ2) is 5.10. The fourth-order valence-electron chi connectivity index (χ4n) is 1.92. The summed E-state index contributed by atoms with van der Waals surface area (Å²) in [5.41, 5.74) is 0. The summed E-state index contributed by atoms with van der Waals surface area (Å²) in [7, 11) is 0. The lowest BCUT2D eigenvalue weighted by Gasteiger charge is -2.25. The molecule has 1 saturated carbocycles. The van der Waals surface area contributed by atoms with Crippen LogP contribution in [0.3, 0.4) is 0 Å². The van der Waals surface area contributed by atoms with Crippen molar-refractivity contribution < 1.29 is 5.11 Å². The van der Waals surface area contributed by atoms with Gasteiger partial charge in [0.15, 0.2) is 0 Å². The van der Waals surface area contributed by atoms with Crippen LogP contribution >= 0.6 is 11.5 Å². The van der Waals surface area contributed by atoms with Gasteiger partial charge in [-0.25, -0.2) is 4.98 Å². The number of rotatable bonds is 3. The highest BCUT2D eigenvalue weighted by Gasteiger charge is 2.20. The summed E-state index contributed by atoms with van der Waals surface area (Å²) in [6.07, 6.45) is 3.75. The van der Waals surface area contributed by atoms with Crippen LogP contribution in [0.4, 0.5) is 5.13 Å². The lowest BCUT2D eigenvalue weighted by Crippen LogP contribution is -2.28. The number of nitrogens with zero attached hydrogens (tertiary/aromatic N) is 2. The van der Waals surface area contributed by atoms with Crippen LogP contribution in [0.2, 0.25) is 0 Å². The van der Waals surface area contributed by atoms with Gasteiger partial charge in [-0.1, -0.05) is 13.8 Å². The molecule has 4 nitrogen and oxygen atoms in total. The van der Waals surface area contributed by atoms with Gasteiger partial charge in [-0.2, -0.15) is 4.37 Å². The molecule has 1 aliphatic carbocycles. The Morgan fingerprint density at radius 1 is 1.31 bits per heavy atom. The summed E-state index contributed by atoms with van der Waals surface area (Å²) in [6, 6.07) is 0.455. The molecule has 0 unspecified atom stereocenters. The van der Waals surface area contributed by atoms with Crippen LogP contribution in [-0.4, -0.2) is 26.6 Å². The maximum absolute atomic E-state index is 9.42. The van der Waals surface area contributed by atoms with Gasteiger partial charge in [-0.15, -0.1) is 0 Å². The van der Waals surface area contributed by atoms with E-state index in [2.05, 4.69) is 28.5 Å². The first-order valence-electron chi connectivity index (χ1n) is 5.93. The van der Waals surface area contributed by atoms with E-state index in [4.69, 9.17) is 0 Å². The number of aliphatic hydroxyl groups is 1. The Kier molecular flexibility index (Phi) is 3.76. The zero-order chi connectivity index (χ0) is 11.5.